The van der Waals surface area contributed by atoms with E-state index in [4.69, 9.17) is 27.9 Å². The van der Waals surface area contributed by atoms with Gasteiger partial charge in [0.1, 0.15) is 13.6 Å². The predicted octanol–water partition coefficient (Wildman–Crippen LogP) is 1.26. The maximum atomic E-state index is 5.85. The van der Waals surface area contributed by atoms with Crippen molar-refractivity contribution < 1.29 is 4.74 Å². The summed E-state index contributed by atoms with van der Waals surface area (Å²) in [5.41, 5.74) is 0.877. The van der Waals surface area contributed by atoms with Gasteiger partial charge < -0.3 is 4.74 Å². The molecule has 0 saturated heterocycles. The van der Waals surface area contributed by atoms with Crippen molar-refractivity contribution in [2.24, 2.45) is 0 Å². The molecule has 0 aromatic heterocycles. The first-order valence-electron chi connectivity index (χ1n) is 3.15. The van der Waals surface area contributed by atoms with Crippen LogP contribution in [0, 0.1) is 0 Å². The van der Waals surface area contributed by atoms with Crippen molar-refractivity contribution in [1.82, 2.24) is 0 Å². The molecule has 0 amide bonds. The molecule has 4 heteroatoms. The lowest BCUT2D eigenvalue weighted by Crippen LogP contribution is -2.08. The van der Waals surface area contributed by atoms with E-state index >= 15 is 0 Å². The summed E-state index contributed by atoms with van der Waals surface area (Å²) in [6.45, 7) is 0. The zero-order valence-corrected chi connectivity index (χ0v) is 7.83. The average Bonchev–Trinajstić information content (AvgIpc) is 2.01. The van der Waals surface area contributed by atoms with Crippen LogP contribution in [0.3, 0.4) is 0 Å². The van der Waals surface area contributed by atoms with Gasteiger partial charge >= 0.3 is 0 Å². The zero-order valence-electron chi connectivity index (χ0n) is 6.32. The van der Waals surface area contributed by atoms with Gasteiger partial charge in [-0.05, 0) is 17.6 Å². The number of hydrogen-bond donors (Lipinski definition) is 0. The van der Waals surface area contributed by atoms with Crippen LogP contribution in [0.2, 0.25) is 10.0 Å². The van der Waals surface area contributed by atoms with Crippen molar-refractivity contribution in [2.75, 3.05) is 7.11 Å². The minimum atomic E-state index is 0.560. The predicted molar refractivity (Wildman–Crippen MR) is 51.2 cm³/mol. The number of ether oxygens (including phenoxy) is 1. The van der Waals surface area contributed by atoms with E-state index in [1.165, 1.54) is 0 Å². The quantitative estimate of drug-likeness (QED) is 0.604. The molecule has 1 aromatic carbocycles. The highest BCUT2D eigenvalue weighted by Crippen LogP contribution is 2.22. The molecule has 0 bridgehead atoms. The number of hydrogen-bond acceptors (Lipinski definition) is 1. The molecule has 0 heterocycles. The third-order valence-corrected chi connectivity index (χ3v) is 2.41. The van der Waals surface area contributed by atoms with Crippen LogP contribution in [-0.2, 0) is 0 Å². The Balaban J connectivity index is 3.25. The first-order valence-corrected chi connectivity index (χ1v) is 3.91. The van der Waals surface area contributed by atoms with Crippen LogP contribution in [0.1, 0.15) is 0 Å². The van der Waals surface area contributed by atoms with Gasteiger partial charge in [-0.1, -0.05) is 23.2 Å². The summed E-state index contributed by atoms with van der Waals surface area (Å²) in [6.07, 6.45) is 0. The zero-order chi connectivity index (χ0) is 8.43. The van der Waals surface area contributed by atoms with Crippen molar-refractivity contribution in [1.29, 1.82) is 0 Å². The Hall–Kier alpha value is -0.335. The highest BCUT2D eigenvalue weighted by Gasteiger charge is 2.05. The molecule has 0 atom stereocenters. The molecule has 0 aliphatic heterocycles. The normalized spacial score (nSPS) is 9.73. The maximum Gasteiger partial charge on any atom is 0.146 e. The van der Waals surface area contributed by atoms with Gasteiger partial charge in [0, 0.05) is 0 Å². The molecule has 0 aliphatic carbocycles. The number of benzene rings is 1. The number of rotatable bonds is 1. The molecule has 0 radical (unpaired) electrons. The van der Waals surface area contributed by atoms with E-state index in [1.807, 2.05) is 7.85 Å². The van der Waals surface area contributed by atoms with E-state index in [0.717, 1.165) is 11.2 Å². The van der Waals surface area contributed by atoms with Gasteiger partial charge in [-0.25, -0.2) is 0 Å². The Morgan fingerprint density at radius 1 is 1.36 bits per heavy atom. The van der Waals surface area contributed by atoms with Crippen LogP contribution in [0.5, 0.6) is 5.75 Å². The third-order valence-electron chi connectivity index (χ3n) is 1.51. The lowest BCUT2D eigenvalue weighted by atomic mass is 9.95. The third kappa shape index (κ3) is 1.63. The van der Waals surface area contributed by atoms with E-state index < -0.39 is 0 Å². The molecule has 58 valence electrons. The molecule has 1 rings (SSSR count). The van der Waals surface area contributed by atoms with Gasteiger partial charge in [0.25, 0.3) is 0 Å². The molecule has 0 spiro atoms. The van der Waals surface area contributed by atoms with Gasteiger partial charge in [0.05, 0.1) is 17.2 Å². The van der Waals surface area contributed by atoms with Gasteiger partial charge in [-0.15, -0.1) is 0 Å². The summed E-state index contributed by atoms with van der Waals surface area (Å²) in [6, 6.07) is 3.51. The largest absolute Gasteiger partial charge is 0.497 e. The summed E-state index contributed by atoms with van der Waals surface area (Å²) in [5, 5.41) is 1.12. The SMILES string of the molecule is Bc1c(OC)ccc(Cl)c1Cl. The number of halogens is 2. The van der Waals surface area contributed by atoms with Crippen LogP contribution < -0.4 is 10.2 Å². The average molecular weight is 189 g/mol. The summed E-state index contributed by atoms with van der Waals surface area (Å²) in [4.78, 5) is 0. The number of methoxy groups -OCH3 is 1. The highest BCUT2D eigenvalue weighted by molar-refractivity contribution is 6.51. The smallest absolute Gasteiger partial charge is 0.146 e. The fourth-order valence-corrected chi connectivity index (χ4v) is 1.22. The van der Waals surface area contributed by atoms with Crippen molar-refractivity contribution >= 4 is 36.5 Å². The molecular formula is C7H7BCl2O. The van der Waals surface area contributed by atoms with Gasteiger partial charge in [0.15, 0.2) is 0 Å². The van der Waals surface area contributed by atoms with Crippen molar-refractivity contribution in [3.63, 3.8) is 0 Å². The lowest BCUT2D eigenvalue weighted by molar-refractivity contribution is 0.418. The summed E-state index contributed by atoms with van der Waals surface area (Å²) in [7, 11) is 3.47. The van der Waals surface area contributed by atoms with Crippen molar-refractivity contribution in [3.05, 3.63) is 22.2 Å². The summed E-state index contributed by atoms with van der Waals surface area (Å²) in [5.74, 6) is 0.763. The Kier molecular flexibility index (Phi) is 2.69. The standard InChI is InChI=1S/C7H7BCl2O/c1-11-5-3-2-4(9)7(10)6(5)8/h2-3H,8H2,1H3. The summed E-state index contributed by atoms with van der Waals surface area (Å²) >= 11 is 11.6. The van der Waals surface area contributed by atoms with Crippen LogP contribution >= 0.6 is 23.2 Å². The minimum absolute atomic E-state index is 0.560. The maximum absolute atomic E-state index is 5.85. The minimum Gasteiger partial charge on any atom is -0.497 e. The van der Waals surface area contributed by atoms with Gasteiger partial charge in [-0.3, -0.25) is 0 Å². The molecule has 0 saturated carbocycles. The molecule has 1 nitrogen and oxygen atoms in total. The van der Waals surface area contributed by atoms with Crippen LogP contribution in [-0.4, -0.2) is 15.0 Å². The van der Waals surface area contributed by atoms with Crippen LogP contribution in [0.15, 0.2) is 12.1 Å². The highest BCUT2D eigenvalue weighted by atomic mass is 35.5. The monoisotopic (exact) mass is 188 g/mol. The first-order chi connectivity index (χ1) is 5.16. The molecular weight excluding hydrogens is 182 g/mol. The van der Waals surface area contributed by atoms with E-state index in [9.17, 15) is 0 Å². The lowest BCUT2D eigenvalue weighted by Gasteiger charge is -2.06. The summed E-state index contributed by atoms with van der Waals surface area (Å²) < 4.78 is 5.04. The molecule has 0 aliphatic rings. The van der Waals surface area contributed by atoms with E-state index in [-0.39, 0.29) is 0 Å². The van der Waals surface area contributed by atoms with E-state index in [1.54, 1.807) is 19.2 Å². The fraction of sp³-hybridized carbons (Fsp3) is 0.143. The second-order valence-corrected chi connectivity index (χ2v) is 2.97. The molecule has 0 N–H and O–H groups in total. The molecule has 1 aromatic rings. The first kappa shape index (κ1) is 8.76. The fourth-order valence-electron chi connectivity index (χ4n) is 0.855. The van der Waals surface area contributed by atoms with E-state index in [2.05, 4.69) is 0 Å². The Bertz CT molecular complexity index is 275. The van der Waals surface area contributed by atoms with Crippen molar-refractivity contribution in [2.45, 2.75) is 0 Å². The Morgan fingerprint density at radius 2 is 2.00 bits per heavy atom. The van der Waals surface area contributed by atoms with Gasteiger partial charge in [0.2, 0.25) is 0 Å². The molecule has 0 unspecified atom stereocenters. The van der Waals surface area contributed by atoms with Crippen LogP contribution in [0.25, 0.3) is 0 Å². The van der Waals surface area contributed by atoms with Crippen molar-refractivity contribution in [3.8, 4) is 5.75 Å². The Morgan fingerprint density at radius 3 is 2.55 bits per heavy atom. The molecule has 11 heavy (non-hydrogen) atoms. The van der Waals surface area contributed by atoms with Crippen LogP contribution in [0.4, 0.5) is 0 Å². The van der Waals surface area contributed by atoms with E-state index in [0.29, 0.717) is 10.0 Å². The molecule has 0 fully saturated rings. The second-order valence-electron chi connectivity index (χ2n) is 2.19. The topological polar surface area (TPSA) is 9.23 Å². The van der Waals surface area contributed by atoms with Gasteiger partial charge in [-0.2, -0.15) is 0 Å². The second kappa shape index (κ2) is 3.37. The Labute approximate surface area is 76.7 Å².